The summed E-state index contributed by atoms with van der Waals surface area (Å²) in [5.41, 5.74) is 0. The van der Waals surface area contributed by atoms with Crippen molar-refractivity contribution in [1.82, 2.24) is 0 Å². The molecule has 0 aliphatic carbocycles. The molecule has 0 aromatic heterocycles. The molecule has 0 aliphatic rings. The van der Waals surface area contributed by atoms with Crippen molar-refractivity contribution < 1.29 is 4.74 Å². The van der Waals surface area contributed by atoms with E-state index in [1.165, 1.54) is 12.8 Å². The fourth-order valence-electron chi connectivity index (χ4n) is 0.556. The molecule has 0 spiro atoms. The fraction of sp³-hybridized carbons (Fsp3) is 0.636. The number of hydrogen-bond donors (Lipinski definition) is 0. The maximum absolute atomic E-state index is 4.77. The predicted molar refractivity (Wildman–Crippen MR) is 62.0 cm³/mol. The quantitative estimate of drug-likeness (QED) is 0.422. The van der Waals surface area contributed by atoms with E-state index in [1.54, 1.807) is 17.0 Å². The first-order chi connectivity index (χ1) is 6.33. The van der Waals surface area contributed by atoms with Crippen LogP contribution >= 0.6 is 0 Å². The van der Waals surface area contributed by atoms with Gasteiger partial charge in [-0.05, 0) is 13.8 Å². The van der Waals surface area contributed by atoms with Crippen LogP contribution in [0.25, 0.3) is 0 Å². The van der Waals surface area contributed by atoms with Crippen molar-refractivity contribution in [2.45, 2.75) is 43.0 Å². The summed E-state index contributed by atoms with van der Waals surface area (Å²) in [6.07, 6.45) is 9.80. The molecule has 0 heterocycles. The second-order valence-electron chi connectivity index (χ2n) is 2.53. The van der Waals surface area contributed by atoms with Gasteiger partial charge in [0.15, 0.2) is 0 Å². The zero-order chi connectivity index (χ0) is 10.4. The van der Waals surface area contributed by atoms with E-state index in [4.69, 9.17) is 4.74 Å². The summed E-state index contributed by atoms with van der Waals surface area (Å²) in [6.45, 7) is 6.07. The van der Waals surface area contributed by atoms with Crippen molar-refractivity contribution in [2.75, 3.05) is 0 Å². The Morgan fingerprint density at radius 3 is 1.92 bits per heavy atom. The Morgan fingerprint density at radius 1 is 1.15 bits per heavy atom. The molecule has 0 aromatic carbocycles. The molecule has 0 amide bonds. The molecule has 0 saturated heterocycles. The van der Waals surface area contributed by atoms with E-state index in [2.05, 4.69) is 11.9 Å². The van der Waals surface area contributed by atoms with Crippen molar-refractivity contribution >= 4 is 21.1 Å². The molecule has 0 atom stereocenters. The van der Waals surface area contributed by atoms with Gasteiger partial charge >= 0.3 is 50.3 Å². The van der Waals surface area contributed by atoms with Crippen LogP contribution in [0.1, 0.15) is 33.6 Å². The van der Waals surface area contributed by atoms with Gasteiger partial charge in [-0.1, -0.05) is 12.2 Å². The Bertz CT molecular complexity index is 105. The van der Waals surface area contributed by atoms with E-state index in [1.807, 2.05) is 26.0 Å². The predicted octanol–water partition coefficient (Wildman–Crippen LogP) is 4.03. The Hall–Kier alpha value is 0.0787. The molecule has 2 radical (unpaired) electrons. The van der Waals surface area contributed by atoms with Gasteiger partial charge in [0.1, 0.15) is 0 Å². The Labute approximate surface area is 93.5 Å². The standard InChI is InChI=1S/C6H10O.C4H9.CH3.Sn/c1-3-5-7-6-4-2;1-3-4-2;;/h3-6H,1-2H3;1,3-4H2,2H3;1H3;. The SMILES string of the molecule is CC=COC=CC.CCC[CH2][Sn][CH3]. The molecule has 2 heteroatoms. The van der Waals surface area contributed by atoms with E-state index in [0.717, 1.165) is 0 Å². The van der Waals surface area contributed by atoms with E-state index < -0.39 is 0 Å². The van der Waals surface area contributed by atoms with Crippen LogP contribution in [0.15, 0.2) is 24.7 Å². The average molecular weight is 289 g/mol. The molecule has 76 valence electrons. The van der Waals surface area contributed by atoms with Crippen molar-refractivity contribution in [1.29, 1.82) is 0 Å². The van der Waals surface area contributed by atoms with E-state index in [9.17, 15) is 0 Å². The van der Waals surface area contributed by atoms with Crippen molar-refractivity contribution in [3.63, 3.8) is 0 Å². The van der Waals surface area contributed by atoms with Crippen LogP contribution in [0.3, 0.4) is 0 Å². The van der Waals surface area contributed by atoms with Crippen LogP contribution in [0.5, 0.6) is 0 Å². The molecule has 0 N–H and O–H groups in total. The Kier molecular flexibility index (Phi) is 21.5. The van der Waals surface area contributed by atoms with Gasteiger partial charge in [-0.2, -0.15) is 0 Å². The normalized spacial score (nSPS) is 10.2. The molecule has 0 unspecified atom stereocenters. The minimum absolute atomic E-state index is 0.190. The number of rotatable bonds is 5. The topological polar surface area (TPSA) is 9.23 Å². The second-order valence-corrected chi connectivity index (χ2v) is 5.98. The van der Waals surface area contributed by atoms with Crippen molar-refractivity contribution in [3.8, 4) is 0 Å². The summed E-state index contributed by atoms with van der Waals surface area (Å²) < 4.78 is 6.35. The van der Waals surface area contributed by atoms with E-state index in [-0.39, 0.29) is 21.1 Å². The number of allylic oxidation sites excluding steroid dienone is 2. The zero-order valence-electron chi connectivity index (χ0n) is 9.34. The van der Waals surface area contributed by atoms with Crippen LogP contribution in [0, 0.1) is 0 Å². The molecule has 0 aromatic rings. The first-order valence-electron chi connectivity index (χ1n) is 4.85. The third-order valence-corrected chi connectivity index (χ3v) is 3.65. The van der Waals surface area contributed by atoms with Gasteiger partial charge in [0.2, 0.25) is 0 Å². The molecule has 0 aliphatic heterocycles. The molecule has 13 heavy (non-hydrogen) atoms. The van der Waals surface area contributed by atoms with Gasteiger partial charge in [0, 0.05) is 0 Å². The first kappa shape index (κ1) is 15.5. The molecule has 0 fully saturated rings. The second kappa shape index (κ2) is 18.0. The molecular weight excluding hydrogens is 267 g/mol. The van der Waals surface area contributed by atoms with Crippen molar-refractivity contribution in [2.24, 2.45) is 0 Å². The van der Waals surface area contributed by atoms with Gasteiger partial charge < -0.3 is 4.74 Å². The fourth-order valence-corrected chi connectivity index (χ4v) is 2.57. The van der Waals surface area contributed by atoms with Gasteiger partial charge in [-0.25, -0.2) is 0 Å². The molecule has 1 nitrogen and oxygen atoms in total. The van der Waals surface area contributed by atoms with Crippen LogP contribution in [0.2, 0.25) is 9.38 Å². The first-order valence-corrected chi connectivity index (χ1v) is 9.73. The van der Waals surface area contributed by atoms with Crippen molar-refractivity contribution in [3.05, 3.63) is 24.7 Å². The van der Waals surface area contributed by atoms with Crippen LogP contribution in [-0.4, -0.2) is 21.1 Å². The Morgan fingerprint density at radius 2 is 1.69 bits per heavy atom. The van der Waals surface area contributed by atoms with Gasteiger partial charge in [0.05, 0.1) is 12.5 Å². The van der Waals surface area contributed by atoms with E-state index in [0.29, 0.717) is 0 Å². The zero-order valence-corrected chi connectivity index (χ0v) is 12.2. The number of ether oxygens (including phenoxy) is 1. The van der Waals surface area contributed by atoms with Crippen LogP contribution in [-0.2, 0) is 4.74 Å². The number of hydrogen-bond acceptors (Lipinski definition) is 1. The molecule has 0 saturated carbocycles. The summed E-state index contributed by atoms with van der Waals surface area (Å²) in [4.78, 5) is 2.40. The summed E-state index contributed by atoms with van der Waals surface area (Å²) in [5.74, 6) is 0. The Balaban J connectivity index is 0. The summed E-state index contributed by atoms with van der Waals surface area (Å²) in [7, 11) is 0. The minimum atomic E-state index is 0.190. The van der Waals surface area contributed by atoms with Gasteiger partial charge in [0.25, 0.3) is 0 Å². The molecule has 0 bridgehead atoms. The number of unbranched alkanes of at least 4 members (excludes halogenated alkanes) is 1. The van der Waals surface area contributed by atoms with Gasteiger partial charge in [-0.15, -0.1) is 0 Å². The maximum atomic E-state index is 4.77. The van der Waals surface area contributed by atoms with E-state index >= 15 is 0 Å². The van der Waals surface area contributed by atoms with Gasteiger partial charge in [-0.3, -0.25) is 0 Å². The third-order valence-electron chi connectivity index (χ3n) is 1.21. The summed E-state index contributed by atoms with van der Waals surface area (Å²) in [5, 5.41) is 0. The molecular formula is C11H22OSn. The van der Waals surface area contributed by atoms with Crippen LogP contribution in [0.4, 0.5) is 0 Å². The van der Waals surface area contributed by atoms with Crippen LogP contribution < -0.4 is 0 Å². The summed E-state index contributed by atoms with van der Waals surface area (Å²) >= 11 is 0.190. The average Bonchev–Trinajstić information content (AvgIpc) is 2.17. The summed E-state index contributed by atoms with van der Waals surface area (Å²) in [6, 6.07) is 0. The molecule has 0 rings (SSSR count). The third kappa shape index (κ3) is 24.5. The monoisotopic (exact) mass is 290 g/mol.